The van der Waals surface area contributed by atoms with Gasteiger partial charge in [-0.1, -0.05) is 15.9 Å². The average molecular weight is 353 g/mol. The lowest BCUT2D eigenvalue weighted by atomic mass is 10.2. The van der Waals surface area contributed by atoms with Gasteiger partial charge in [-0.2, -0.15) is 0 Å². The van der Waals surface area contributed by atoms with Gasteiger partial charge in [-0.05, 0) is 48.8 Å². The van der Waals surface area contributed by atoms with Crippen LogP contribution in [0.15, 0.2) is 39.3 Å². The Balaban J connectivity index is 1.46. The molecule has 5 nitrogen and oxygen atoms in total. The Labute approximate surface area is 131 Å². The summed E-state index contributed by atoms with van der Waals surface area (Å²) in [5.41, 5.74) is 0. The van der Waals surface area contributed by atoms with Crippen molar-refractivity contribution in [3.8, 4) is 11.6 Å². The van der Waals surface area contributed by atoms with Crippen LogP contribution in [-0.2, 0) is 6.61 Å². The van der Waals surface area contributed by atoms with Gasteiger partial charge in [-0.15, -0.1) is 0 Å². The monoisotopic (exact) mass is 352 g/mol. The lowest BCUT2D eigenvalue weighted by molar-refractivity contribution is 0.230. The summed E-state index contributed by atoms with van der Waals surface area (Å²) < 4.78 is 17.4. The summed E-state index contributed by atoms with van der Waals surface area (Å²) in [7, 11) is 0. The molecule has 1 aliphatic heterocycles. The smallest absolute Gasteiger partial charge is 0.254 e. The van der Waals surface area contributed by atoms with Crippen molar-refractivity contribution in [3.63, 3.8) is 0 Å². The second-order valence-electron chi connectivity index (χ2n) is 4.98. The Morgan fingerprint density at radius 1 is 1.29 bits per heavy atom. The average Bonchev–Trinajstić information content (AvgIpc) is 3.16. The number of ether oxygens (including phenoxy) is 2. The number of rotatable bonds is 6. The molecule has 0 bridgehead atoms. The lowest BCUT2D eigenvalue weighted by Gasteiger charge is -2.08. The number of benzene rings is 1. The zero-order valence-electron chi connectivity index (χ0n) is 11.5. The summed E-state index contributed by atoms with van der Waals surface area (Å²) in [4.78, 5) is 0. The quantitative estimate of drug-likeness (QED) is 0.865. The largest absolute Gasteiger partial charge is 0.486 e. The molecule has 1 aliphatic rings. The van der Waals surface area contributed by atoms with E-state index in [1.807, 2.05) is 24.3 Å². The molecule has 0 amide bonds. The molecule has 0 spiro atoms. The van der Waals surface area contributed by atoms with Crippen LogP contribution < -0.4 is 14.8 Å². The first-order chi connectivity index (χ1) is 10.3. The fourth-order valence-corrected chi connectivity index (χ4v) is 2.46. The van der Waals surface area contributed by atoms with Gasteiger partial charge >= 0.3 is 0 Å². The summed E-state index contributed by atoms with van der Waals surface area (Å²) >= 11 is 3.38. The van der Waals surface area contributed by atoms with Gasteiger partial charge in [0.15, 0.2) is 5.76 Å². The first-order valence-electron chi connectivity index (χ1n) is 7.00. The Morgan fingerprint density at radius 3 is 2.90 bits per heavy atom. The van der Waals surface area contributed by atoms with E-state index >= 15 is 0 Å². The summed E-state index contributed by atoms with van der Waals surface area (Å²) in [5, 5.41) is 7.26. The van der Waals surface area contributed by atoms with E-state index in [0.29, 0.717) is 30.9 Å². The molecule has 0 saturated carbocycles. The predicted octanol–water partition coefficient (Wildman–Crippen LogP) is 3.15. The van der Waals surface area contributed by atoms with Gasteiger partial charge in [-0.3, -0.25) is 0 Å². The third-order valence-corrected chi connectivity index (χ3v) is 3.86. The maximum Gasteiger partial charge on any atom is 0.254 e. The van der Waals surface area contributed by atoms with E-state index in [0.717, 1.165) is 23.2 Å². The zero-order chi connectivity index (χ0) is 14.5. The highest BCUT2D eigenvalue weighted by Gasteiger charge is 2.15. The van der Waals surface area contributed by atoms with Gasteiger partial charge in [0.05, 0.1) is 0 Å². The van der Waals surface area contributed by atoms with Crippen molar-refractivity contribution in [1.82, 2.24) is 10.5 Å². The number of halogens is 1. The molecule has 2 aromatic rings. The van der Waals surface area contributed by atoms with Crippen LogP contribution in [0.3, 0.4) is 0 Å². The van der Waals surface area contributed by atoms with E-state index in [1.165, 1.54) is 6.42 Å². The Morgan fingerprint density at radius 2 is 2.14 bits per heavy atom. The zero-order valence-corrected chi connectivity index (χ0v) is 13.1. The fourth-order valence-electron chi connectivity index (χ4n) is 2.20. The van der Waals surface area contributed by atoms with Crippen LogP contribution in [0.5, 0.6) is 11.6 Å². The first-order valence-corrected chi connectivity index (χ1v) is 7.79. The summed E-state index contributed by atoms with van der Waals surface area (Å²) in [6.07, 6.45) is 2.36. The molecule has 1 saturated heterocycles. The highest BCUT2D eigenvalue weighted by atomic mass is 79.9. The minimum Gasteiger partial charge on any atom is -0.486 e. The minimum atomic E-state index is 0.333. The third-order valence-electron chi connectivity index (χ3n) is 3.33. The van der Waals surface area contributed by atoms with E-state index in [-0.39, 0.29) is 0 Å². The van der Waals surface area contributed by atoms with Crippen LogP contribution in [0.1, 0.15) is 18.6 Å². The molecule has 112 valence electrons. The van der Waals surface area contributed by atoms with Crippen molar-refractivity contribution in [2.75, 3.05) is 13.2 Å². The Bertz CT molecular complexity index is 565. The molecule has 3 rings (SSSR count). The summed E-state index contributed by atoms with van der Waals surface area (Å²) in [5.74, 6) is 1.94. The highest BCUT2D eigenvalue weighted by Crippen LogP contribution is 2.19. The van der Waals surface area contributed by atoms with E-state index < -0.39 is 0 Å². The van der Waals surface area contributed by atoms with Crippen LogP contribution in [-0.4, -0.2) is 24.4 Å². The number of hydrogen-bond donors (Lipinski definition) is 1. The topological polar surface area (TPSA) is 56.5 Å². The van der Waals surface area contributed by atoms with Crippen molar-refractivity contribution >= 4 is 15.9 Å². The van der Waals surface area contributed by atoms with Crippen molar-refractivity contribution in [1.29, 1.82) is 0 Å². The predicted molar refractivity (Wildman–Crippen MR) is 81.5 cm³/mol. The molecule has 0 radical (unpaired) electrons. The molecule has 2 heterocycles. The third kappa shape index (κ3) is 4.22. The molecule has 1 aromatic heterocycles. The van der Waals surface area contributed by atoms with Gasteiger partial charge in [-0.25, -0.2) is 0 Å². The maximum atomic E-state index is 5.62. The molecule has 21 heavy (non-hydrogen) atoms. The van der Waals surface area contributed by atoms with Crippen LogP contribution in [0.25, 0.3) is 0 Å². The van der Waals surface area contributed by atoms with E-state index in [9.17, 15) is 0 Å². The lowest BCUT2D eigenvalue weighted by Crippen LogP contribution is -2.28. The van der Waals surface area contributed by atoms with E-state index in [1.54, 1.807) is 6.07 Å². The SMILES string of the molecule is Brc1ccc(OCc2cc(OC[C@@H]3CCCN3)no2)cc1. The second-order valence-corrected chi connectivity index (χ2v) is 5.89. The fraction of sp³-hybridized carbons (Fsp3) is 0.400. The van der Waals surface area contributed by atoms with E-state index in [2.05, 4.69) is 26.4 Å². The molecule has 0 aliphatic carbocycles. The van der Waals surface area contributed by atoms with Gasteiger partial charge in [0.25, 0.3) is 5.88 Å². The number of hydrogen-bond acceptors (Lipinski definition) is 5. The second kappa shape index (κ2) is 6.95. The number of nitrogens with zero attached hydrogens (tertiary/aromatic N) is 1. The van der Waals surface area contributed by atoms with Crippen molar-refractivity contribution in [2.45, 2.75) is 25.5 Å². The Kier molecular flexibility index (Phi) is 4.77. The molecular formula is C15H17BrN2O3. The molecule has 1 fully saturated rings. The molecule has 1 atom stereocenters. The molecule has 1 aromatic carbocycles. The maximum absolute atomic E-state index is 5.62. The first kappa shape index (κ1) is 14.4. The van der Waals surface area contributed by atoms with Gasteiger partial charge in [0.2, 0.25) is 0 Å². The molecule has 6 heteroatoms. The van der Waals surface area contributed by atoms with Crippen molar-refractivity contribution in [3.05, 3.63) is 40.6 Å². The van der Waals surface area contributed by atoms with Crippen molar-refractivity contribution in [2.24, 2.45) is 0 Å². The van der Waals surface area contributed by atoms with E-state index in [4.69, 9.17) is 14.0 Å². The minimum absolute atomic E-state index is 0.333. The van der Waals surface area contributed by atoms with Crippen LogP contribution >= 0.6 is 15.9 Å². The van der Waals surface area contributed by atoms with Crippen molar-refractivity contribution < 1.29 is 14.0 Å². The number of nitrogens with one attached hydrogen (secondary N) is 1. The van der Waals surface area contributed by atoms with Gasteiger partial charge < -0.3 is 19.3 Å². The molecule has 0 unspecified atom stereocenters. The number of aromatic nitrogens is 1. The normalized spacial score (nSPS) is 17.9. The summed E-state index contributed by atoms with van der Waals surface area (Å²) in [6.45, 7) is 2.03. The van der Waals surface area contributed by atoms with Crippen LogP contribution in [0, 0.1) is 0 Å². The van der Waals surface area contributed by atoms with Crippen LogP contribution in [0.2, 0.25) is 0 Å². The summed E-state index contributed by atoms with van der Waals surface area (Å²) in [6, 6.07) is 9.84. The molecule has 1 N–H and O–H groups in total. The standard InChI is InChI=1S/C15H17BrN2O3/c16-11-3-5-13(6-4-11)19-10-14-8-15(18-21-14)20-9-12-2-1-7-17-12/h3-6,8,12,17H,1-2,7,9-10H2/t12-/m0/s1. The van der Waals surface area contributed by atoms with Gasteiger partial charge in [0, 0.05) is 16.6 Å². The van der Waals surface area contributed by atoms with Gasteiger partial charge in [0.1, 0.15) is 19.0 Å². The molecular weight excluding hydrogens is 336 g/mol. The Hall–Kier alpha value is -1.53. The highest BCUT2D eigenvalue weighted by molar-refractivity contribution is 9.10. The van der Waals surface area contributed by atoms with Crippen LogP contribution in [0.4, 0.5) is 0 Å².